The minimum absolute atomic E-state index is 0.0699. The topological polar surface area (TPSA) is 70.6 Å². The zero-order valence-electron chi connectivity index (χ0n) is 16.0. The van der Waals surface area contributed by atoms with Crippen molar-refractivity contribution in [3.8, 4) is 11.3 Å². The van der Waals surface area contributed by atoms with Gasteiger partial charge in [-0.3, -0.25) is 9.69 Å². The van der Waals surface area contributed by atoms with Gasteiger partial charge in [0, 0.05) is 57.5 Å². The highest BCUT2D eigenvalue weighted by atomic mass is 16.5. The Kier molecular flexibility index (Phi) is 6.73. The van der Waals surface area contributed by atoms with E-state index in [9.17, 15) is 4.79 Å². The standard InChI is InChI=1S/C20H27N5O2/c1-3-21-19-8-7-18(22-23-19)16-5-4-6-17(15-16)20(26)25-11-9-24(10-12-25)13-14-27-2/h4-8,15H,3,9-14H2,1-2H3,(H,21,23). The van der Waals surface area contributed by atoms with Gasteiger partial charge in [0.05, 0.1) is 12.3 Å². The Morgan fingerprint density at radius 3 is 2.63 bits per heavy atom. The summed E-state index contributed by atoms with van der Waals surface area (Å²) in [6, 6.07) is 11.4. The predicted molar refractivity (Wildman–Crippen MR) is 106 cm³/mol. The summed E-state index contributed by atoms with van der Waals surface area (Å²) in [4.78, 5) is 17.1. The number of nitrogens with zero attached hydrogens (tertiary/aromatic N) is 4. The van der Waals surface area contributed by atoms with Crippen LogP contribution >= 0.6 is 0 Å². The fourth-order valence-electron chi connectivity index (χ4n) is 3.15. The van der Waals surface area contributed by atoms with Crippen LogP contribution in [0.3, 0.4) is 0 Å². The maximum atomic E-state index is 12.9. The molecule has 0 bridgehead atoms. The molecular weight excluding hydrogens is 342 g/mol. The minimum atomic E-state index is 0.0699. The Morgan fingerprint density at radius 2 is 1.96 bits per heavy atom. The Bertz CT molecular complexity index is 742. The Labute approximate surface area is 160 Å². The predicted octanol–water partition coefficient (Wildman–Crippen LogP) is 1.98. The molecule has 1 aliphatic heterocycles. The number of hydrogen-bond acceptors (Lipinski definition) is 6. The van der Waals surface area contributed by atoms with E-state index in [1.54, 1.807) is 7.11 Å². The number of rotatable bonds is 7. The lowest BCUT2D eigenvalue weighted by Crippen LogP contribution is -2.49. The molecule has 3 rings (SSSR count). The van der Waals surface area contributed by atoms with Gasteiger partial charge >= 0.3 is 0 Å². The average molecular weight is 369 g/mol. The Morgan fingerprint density at radius 1 is 1.15 bits per heavy atom. The first kappa shape index (κ1) is 19.3. The van der Waals surface area contributed by atoms with Crippen LogP contribution in [0.15, 0.2) is 36.4 Å². The molecule has 2 heterocycles. The zero-order chi connectivity index (χ0) is 19.1. The van der Waals surface area contributed by atoms with Gasteiger partial charge in [-0.15, -0.1) is 10.2 Å². The lowest BCUT2D eigenvalue weighted by molar-refractivity contribution is 0.0594. The van der Waals surface area contributed by atoms with Crippen LogP contribution in [0, 0.1) is 0 Å². The third-order valence-electron chi connectivity index (χ3n) is 4.70. The third-order valence-corrected chi connectivity index (χ3v) is 4.70. The molecule has 1 aromatic carbocycles. The normalized spacial score (nSPS) is 15.0. The summed E-state index contributed by atoms with van der Waals surface area (Å²) in [6.07, 6.45) is 0. The number of anilines is 1. The maximum absolute atomic E-state index is 12.9. The van der Waals surface area contributed by atoms with E-state index in [-0.39, 0.29) is 5.91 Å². The summed E-state index contributed by atoms with van der Waals surface area (Å²) < 4.78 is 5.13. The molecule has 27 heavy (non-hydrogen) atoms. The van der Waals surface area contributed by atoms with Crippen LogP contribution in [0.5, 0.6) is 0 Å². The summed E-state index contributed by atoms with van der Waals surface area (Å²) in [6.45, 7) is 7.70. The van der Waals surface area contributed by atoms with E-state index >= 15 is 0 Å². The van der Waals surface area contributed by atoms with Crippen LogP contribution in [0.1, 0.15) is 17.3 Å². The SMILES string of the molecule is CCNc1ccc(-c2cccc(C(=O)N3CCN(CCOC)CC3)c2)nn1. The molecule has 1 N–H and O–H groups in total. The van der Waals surface area contributed by atoms with Gasteiger partial charge < -0.3 is 15.0 Å². The van der Waals surface area contributed by atoms with Crippen LogP contribution in [-0.4, -0.2) is 78.9 Å². The van der Waals surface area contributed by atoms with E-state index in [2.05, 4.69) is 20.4 Å². The number of carbonyl (C=O) groups excluding carboxylic acids is 1. The molecule has 1 fully saturated rings. The number of amides is 1. The monoisotopic (exact) mass is 369 g/mol. The second-order valence-electron chi connectivity index (χ2n) is 6.54. The number of methoxy groups -OCH3 is 1. The smallest absolute Gasteiger partial charge is 0.253 e. The lowest BCUT2D eigenvalue weighted by Gasteiger charge is -2.34. The van der Waals surface area contributed by atoms with Crippen molar-refractivity contribution >= 4 is 11.7 Å². The molecule has 1 aliphatic rings. The van der Waals surface area contributed by atoms with Crippen LogP contribution < -0.4 is 5.32 Å². The first-order chi connectivity index (χ1) is 13.2. The van der Waals surface area contributed by atoms with Gasteiger partial charge in [-0.1, -0.05) is 12.1 Å². The number of aromatic nitrogens is 2. The van der Waals surface area contributed by atoms with E-state index in [1.807, 2.05) is 48.2 Å². The quantitative estimate of drug-likeness (QED) is 0.805. The van der Waals surface area contributed by atoms with Crippen LogP contribution in [0.2, 0.25) is 0 Å². The van der Waals surface area contributed by atoms with E-state index in [4.69, 9.17) is 4.74 Å². The second-order valence-corrected chi connectivity index (χ2v) is 6.54. The maximum Gasteiger partial charge on any atom is 0.253 e. The van der Waals surface area contributed by atoms with Crippen molar-refractivity contribution in [1.82, 2.24) is 20.0 Å². The first-order valence-corrected chi connectivity index (χ1v) is 9.40. The van der Waals surface area contributed by atoms with Gasteiger partial charge in [0.2, 0.25) is 0 Å². The van der Waals surface area contributed by atoms with Crippen LogP contribution in [0.25, 0.3) is 11.3 Å². The highest BCUT2D eigenvalue weighted by molar-refractivity contribution is 5.95. The van der Waals surface area contributed by atoms with Crippen molar-refractivity contribution in [1.29, 1.82) is 0 Å². The summed E-state index contributed by atoms with van der Waals surface area (Å²) in [7, 11) is 1.71. The van der Waals surface area contributed by atoms with Crippen molar-refractivity contribution in [2.24, 2.45) is 0 Å². The summed E-state index contributed by atoms with van der Waals surface area (Å²) in [5.41, 5.74) is 2.35. The van der Waals surface area contributed by atoms with Gasteiger partial charge in [-0.2, -0.15) is 0 Å². The Hall–Kier alpha value is -2.51. The molecule has 144 valence electrons. The van der Waals surface area contributed by atoms with Crippen molar-refractivity contribution in [2.75, 3.05) is 58.3 Å². The summed E-state index contributed by atoms with van der Waals surface area (Å²) >= 11 is 0. The number of nitrogens with one attached hydrogen (secondary N) is 1. The van der Waals surface area contributed by atoms with Gasteiger partial charge in [-0.05, 0) is 31.2 Å². The second kappa shape index (κ2) is 9.43. The molecule has 1 saturated heterocycles. The van der Waals surface area contributed by atoms with Crippen molar-refractivity contribution in [3.63, 3.8) is 0 Å². The molecule has 0 aliphatic carbocycles. The van der Waals surface area contributed by atoms with Gasteiger partial charge in [0.15, 0.2) is 0 Å². The molecule has 0 saturated carbocycles. The molecule has 0 spiro atoms. The fourth-order valence-corrected chi connectivity index (χ4v) is 3.15. The molecule has 7 heteroatoms. The van der Waals surface area contributed by atoms with E-state index in [0.29, 0.717) is 5.56 Å². The molecule has 2 aromatic rings. The Balaban J connectivity index is 1.65. The molecule has 0 radical (unpaired) electrons. The van der Waals surface area contributed by atoms with Gasteiger partial charge in [0.25, 0.3) is 5.91 Å². The number of piperazine rings is 1. The molecule has 7 nitrogen and oxygen atoms in total. The third kappa shape index (κ3) is 5.02. The van der Waals surface area contributed by atoms with E-state index in [1.165, 1.54) is 0 Å². The van der Waals surface area contributed by atoms with Crippen molar-refractivity contribution in [3.05, 3.63) is 42.0 Å². The minimum Gasteiger partial charge on any atom is -0.383 e. The highest BCUT2D eigenvalue weighted by Crippen LogP contribution is 2.20. The summed E-state index contributed by atoms with van der Waals surface area (Å²) in [5, 5.41) is 11.6. The average Bonchev–Trinajstić information content (AvgIpc) is 2.73. The molecular formula is C20H27N5O2. The van der Waals surface area contributed by atoms with E-state index in [0.717, 1.165) is 63.0 Å². The number of hydrogen-bond donors (Lipinski definition) is 1. The number of ether oxygens (including phenoxy) is 1. The first-order valence-electron chi connectivity index (χ1n) is 9.40. The number of carbonyl (C=O) groups is 1. The van der Waals surface area contributed by atoms with Crippen LogP contribution in [-0.2, 0) is 4.74 Å². The van der Waals surface area contributed by atoms with Crippen molar-refractivity contribution in [2.45, 2.75) is 6.92 Å². The zero-order valence-corrected chi connectivity index (χ0v) is 16.0. The highest BCUT2D eigenvalue weighted by Gasteiger charge is 2.22. The van der Waals surface area contributed by atoms with Gasteiger partial charge in [0.1, 0.15) is 5.82 Å². The van der Waals surface area contributed by atoms with Gasteiger partial charge in [-0.25, -0.2) is 0 Å². The fraction of sp³-hybridized carbons (Fsp3) is 0.450. The largest absolute Gasteiger partial charge is 0.383 e. The molecule has 0 unspecified atom stereocenters. The molecule has 0 atom stereocenters. The van der Waals surface area contributed by atoms with E-state index < -0.39 is 0 Å². The van der Waals surface area contributed by atoms with Crippen molar-refractivity contribution < 1.29 is 9.53 Å². The molecule has 1 aromatic heterocycles. The summed E-state index contributed by atoms with van der Waals surface area (Å²) in [5.74, 6) is 0.820. The lowest BCUT2D eigenvalue weighted by atomic mass is 10.1. The molecule has 1 amide bonds. The van der Waals surface area contributed by atoms with Crippen LogP contribution in [0.4, 0.5) is 5.82 Å². The number of benzene rings is 1.